The van der Waals surface area contributed by atoms with Gasteiger partial charge in [0.2, 0.25) is 0 Å². The van der Waals surface area contributed by atoms with Crippen LogP contribution >= 0.6 is 0 Å². The van der Waals surface area contributed by atoms with E-state index in [1.54, 1.807) is 0 Å². The second kappa shape index (κ2) is 68.2. The number of carbonyl (C=O) groups is 3. The Morgan fingerprint density at radius 2 is 0.458 bits per heavy atom. The van der Waals surface area contributed by atoms with E-state index >= 15 is 0 Å². The first-order chi connectivity index (χ1) is 41.0. The number of rotatable bonds is 55. The van der Waals surface area contributed by atoms with Crippen LogP contribution < -0.4 is 0 Å². The van der Waals surface area contributed by atoms with E-state index < -0.39 is 12.1 Å². The SMILES string of the molecule is CC/C=C\C/C=C\C/C=C\C/C=C\C/C=C\C/C=C\C/C=C\C/C=C\CCCCCCCCCCC(=O)OCC(COC(=O)CC/C=C\C/C=C\C/C=C\C/C=C\CC)OC(=O)CC/C=C\C/C=C\C/C=C\C/C=C\C/C=C\C/C=C\CC. The van der Waals surface area contributed by atoms with Crippen molar-refractivity contribution in [3.63, 3.8) is 0 Å². The van der Waals surface area contributed by atoms with Gasteiger partial charge in [0, 0.05) is 19.3 Å². The van der Waals surface area contributed by atoms with Crippen LogP contribution in [0.5, 0.6) is 0 Å². The molecule has 0 saturated heterocycles. The summed E-state index contributed by atoms with van der Waals surface area (Å²) in [4.78, 5) is 38.2. The Hall–Kier alpha value is -6.27. The van der Waals surface area contributed by atoms with Gasteiger partial charge in [-0.1, -0.05) is 278 Å². The van der Waals surface area contributed by atoms with Crippen molar-refractivity contribution in [3.05, 3.63) is 219 Å². The molecule has 0 spiro atoms. The molecule has 0 saturated carbocycles. The highest BCUT2D eigenvalue weighted by molar-refractivity contribution is 5.71. The Kier molecular flexibility index (Phi) is 63.1. The molecule has 0 rings (SSSR count). The normalized spacial score (nSPS) is 13.6. The van der Waals surface area contributed by atoms with Crippen LogP contribution in [0.1, 0.15) is 226 Å². The molecule has 1 atom stereocenters. The molecule has 0 amide bonds. The summed E-state index contributed by atoms with van der Waals surface area (Å²) in [6.45, 7) is 6.13. The van der Waals surface area contributed by atoms with Gasteiger partial charge in [-0.3, -0.25) is 14.4 Å². The second-order valence-corrected chi connectivity index (χ2v) is 20.2. The number of unbranched alkanes of at least 4 members (excludes halogenated alkanes) is 8. The summed E-state index contributed by atoms with van der Waals surface area (Å²) in [5, 5.41) is 0. The fourth-order valence-electron chi connectivity index (χ4n) is 7.79. The lowest BCUT2D eigenvalue weighted by molar-refractivity contribution is -0.166. The Morgan fingerprint density at radius 1 is 0.241 bits per heavy atom. The molecule has 0 fully saturated rings. The van der Waals surface area contributed by atoms with E-state index in [1.807, 2.05) is 24.3 Å². The summed E-state index contributed by atoms with van der Waals surface area (Å²) in [5.74, 6) is -1.14. The number of esters is 3. The van der Waals surface area contributed by atoms with Crippen molar-refractivity contribution in [2.75, 3.05) is 13.2 Å². The van der Waals surface area contributed by atoms with E-state index in [0.29, 0.717) is 19.3 Å². The van der Waals surface area contributed by atoms with Gasteiger partial charge in [0.1, 0.15) is 13.2 Å². The lowest BCUT2D eigenvalue weighted by Crippen LogP contribution is -2.30. The molecule has 0 aliphatic carbocycles. The number of carbonyl (C=O) groups excluding carboxylic acids is 3. The third kappa shape index (κ3) is 66.4. The third-order valence-corrected chi connectivity index (χ3v) is 12.5. The molecule has 6 heteroatoms. The zero-order valence-electron chi connectivity index (χ0n) is 52.4. The molecule has 83 heavy (non-hydrogen) atoms. The quantitative estimate of drug-likeness (QED) is 0.0261. The van der Waals surface area contributed by atoms with Crippen LogP contribution in [0.3, 0.4) is 0 Å². The molecule has 0 aromatic carbocycles. The first kappa shape index (κ1) is 76.7. The molecular weight excluding hydrogens is 1020 g/mol. The highest BCUT2D eigenvalue weighted by Crippen LogP contribution is 2.13. The Bertz CT molecular complexity index is 2080. The third-order valence-electron chi connectivity index (χ3n) is 12.5. The van der Waals surface area contributed by atoms with Gasteiger partial charge in [-0.05, 0) is 148 Å². The van der Waals surface area contributed by atoms with Crippen molar-refractivity contribution in [1.82, 2.24) is 0 Å². The summed E-state index contributed by atoms with van der Waals surface area (Å²) < 4.78 is 16.7. The van der Waals surface area contributed by atoms with Crippen LogP contribution in [0.4, 0.5) is 0 Å². The predicted molar refractivity (Wildman–Crippen MR) is 361 cm³/mol. The van der Waals surface area contributed by atoms with Crippen LogP contribution in [0, 0.1) is 0 Å². The van der Waals surface area contributed by atoms with Gasteiger partial charge in [0.25, 0.3) is 0 Å². The first-order valence-electron chi connectivity index (χ1n) is 32.2. The van der Waals surface area contributed by atoms with Gasteiger partial charge in [-0.15, -0.1) is 0 Å². The van der Waals surface area contributed by atoms with Crippen molar-refractivity contribution in [2.45, 2.75) is 232 Å². The molecule has 6 nitrogen and oxygen atoms in total. The van der Waals surface area contributed by atoms with E-state index in [-0.39, 0.29) is 38.0 Å². The minimum absolute atomic E-state index is 0.147. The summed E-state index contributed by atoms with van der Waals surface area (Å²) >= 11 is 0. The Morgan fingerprint density at radius 3 is 0.747 bits per heavy atom. The molecule has 0 heterocycles. The van der Waals surface area contributed by atoms with Crippen molar-refractivity contribution >= 4 is 17.9 Å². The fourth-order valence-corrected chi connectivity index (χ4v) is 7.79. The van der Waals surface area contributed by atoms with Crippen LogP contribution in [-0.2, 0) is 28.6 Å². The molecule has 0 bridgehead atoms. The van der Waals surface area contributed by atoms with Crippen molar-refractivity contribution < 1.29 is 28.6 Å². The zero-order chi connectivity index (χ0) is 59.9. The van der Waals surface area contributed by atoms with E-state index in [1.165, 1.54) is 25.7 Å². The van der Waals surface area contributed by atoms with Gasteiger partial charge in [0.15, 0.2) is 6.10 Å². The van der Waals surface area contributed by atoms with Crippen LogP contribution in [0.15, 0.2) is 219 Å². The molecule has 1 unspecified atom stereocenters. The van der Waals surface area contributed by atoms with Crippen LogP contribution in [-0.4, -0.2) is 37.2 Å². The van der Waals surface area contributed by atoms with Crippen molar-refractivity contribution in [3.8, 4) is 0 Å². The van der Waals surface area contributed by atoms with Gasteiger partial charge < -0.3 is 14.2 Å². The van der Waals surface area contributed by atoms with Gasteiger partial charge in [0.05, 0.1) is 0 Å². The summed E-state index contributed by atoms with van der Waals surface area (Å²) in [6, 6.07) is 0. The van der Waals surface area contributed by atoms with E-state index in [0.717, 1.165) is 148 Å². The predicted octanol–water partition coefficient (Wildman–Crippen LogP) is 22.5. The maximum Gasteiger partial charge on any atom is 0.306 e. The van der Waals surface area contributed by atoms with Crippen LogP contribution in [0.25, 0.3) is 0 Å². The summed E-state index contributed by atoms with van der Waals surface area (Å²) in [7, 11) is 0. The topological polar surface area (TPSA) is 78.9 Å². The molecule has 0 N–H and O–H groups in total. The Balaban J connectivity index is 4.46. The Labute approximate surface area is 508 Å². The number of hydrogen-bond acceptors (Lipinski definition) is 6. The fraction of sp³-hybridized carbons (Fsp3) is 0.494. The second-order valence-electron chi connectivity index (χ2n) is 20.2. The van der Waals surface area contributed by atoms with E-state index in [4.69, 9.17) is 14.2 Å². The molecule has 458 valence electrons. The minimum atomic E-state index is -0.866. The number of ether oxygens (including phenoxy) is 3. The molecular formula is C77H114O6. The summed E-state index contributed by atoms with van der Waals surface area (Å²) in [5.41, 5.74) is 0. The highest BCUT2D eigenvalue weighted by atomic mass is 16.6. The van der Waals surface area contributed by atoms with Gasteiger partial charge in [-0.25, -0.2) is 0 Å². The lowest BCUT2D eigenvalue weighted by Gasteiger charge is -2.18. The largest absolute Gasteiger partial charge is 0.462 e. The van der Waals surface area contributed by atoms with Crippen molar-refractivity contribution in [1.29, 1.82) is 0 Å². The van der Waals surface area contributed by atoms with Gasteiger partial charge in [-0.2, -0.15) is 0 Å². The molecule has 0 radical (unpaired) electrons. The number of allylic oxidation sites excluding steroid dienone is 36. The minimum Gasteiger partial charge on any atom is -0.462 e. The molecule has 0 aliphatic heterocycles. The standard InChI is InChI=1S/C77H114O6/c1-4-7-10-13-16-19-22-25-27-29-31-32-33-34-35-36-37-38-39-40-41-42-43-44-46-47-49-52-55-58-61-64-67-70-76(79)82-73-74(72-81-75(78)69-66-63-60-57-54-51-24-21-18-15-12-9-6-3)83-77(80)71-68-65-62-59-56-53-50-48-45-30-28-26-23-20-17-14-11-8-5-2/h7-12,16-21,25-28,31-32,34-35,37-38,40-41,43-45,48,51,53-54,56,60,62-63,65,74H,4-6,13-15,22-24,29-30,33,36,39,42,46-47,49-50,52,55,57-59,61,64,66-73H2,1-3H3/b10-7-,11-8-,12-9-,19-16-,20-17-,21-18-,27-25-,28-26-,32-31-,35-34-,38-37-,41-40-,44-43-,48-45-,54-51-,56-53-,63-60-,65-62-. The first-order valence-corrected chi connectivity index (χ1v) is 32.2. The van der Waals surface area contributed by atoms with E-state index in [2.05, 4.69) is 215 Å². The maximum atomic E-state index is 12.9. The summed E-state index contributed by atoms with van der Waals surface area (Å²) in [6.07, 6.45) is 107. The average molecular weight is 1140 g/mol. The lowest BCUT2D eigenvalue weighted by atomic mass is 10.1. The molecule has 0 aromatic rings. The van der Waals surface area contributed by atoms with Crippen molar-refractivity contribution in [2.24, 2.45) is 0 Å². The molecule has 0 aliphatic rings. The average Bonchev–Trinajstić information content (AvgIpc) is 3.49. The number of hydrogen-bond donors (Lipinski definition) is 0. The van der Waals surface area contributed by atoms with E-state index in [9.17, 15) is 14.4 Å². The zero-order valence-corrected chi connectivity index (χ0v) is 52.4. The maximum absolute atomic E-state index is 12.9. The molecule has 0 aromatic heterocycles. The highest BCUT2D eigenvalue weighted by Gasteiger charge is 2.19. The van der Waals surface area contributed by atoms with Crippen LogP contribution in [0.2, 0.25) is 0 Å². The van der Waals surface area contributed by atoms with Gasteiger partial charge >= 0.3 is 17.9 Å². The smallest absolute Gasteiger partial charge is 0.306 e. The monoisotopic (exact) mass is 1130 g/mol.